The van der Waals surface area contributed by atoms with Gasteiger partial charge in [0.2, 0.25) is 23.6 Å². The van der Waals surface area contributed by atoms with Crippen molar-refractivity contribution in [2.24, 2.45) is 17.3 Å². The van der Waals surface area contributed by atoms with E-state index in [4.69, 9.17) is 9.47 Å². The van der Waals surface area contributed by atoms with E-state index in [1.54, 1.807) is 11.0 Å². The highest BCUT2D eigenvalue weighted by Crippen LogP contribution is 2.40. The molecule has 10 rings (SSSR count). The number of fused-ring (bicyclic) bond motifs is 2. The quantitative estimate of drug-likeness (QED) is 0.116. The fourth-order valence-corrected chi connectivity index (χ4v) is 11.9. The number of ether oxygens (including phenoxy) is 2. The molecule has 0 aliphatic carbocycles. The van der Waals surface area contributed by atoms with Gasteiger partial charge in [-0.25, -0.2) is 0 Å². The summed E-state index contributed by atoms with van der Waals surface area (Å²) in [6.07, 6.45) is 7.13. The van der Waals surface area contributed by atoms with Crippen LogP contribution >= 0.6 is 0 Å². The van der Waals surface area contributed by atoms with Gasteiger partial charge in [-0.2, -0.15) is 0 Å². The van der Waals surface area contributed by atoms with Crippen molar-refractivity contribution in [1.82, 2.24) is 30.2 Å². The van der Waals surface area contributed by atoms with Crippen molar-refractivity contribution in [3.8, 4) is 11.5 Å². The van der Waals surface area contributed by atoms with E-state index in [2.05, 4.69) is 94.6 Å². The maximum Gasteiger partial charge on any atom is 0.255 e. The molecule has 13 heteroatoms. The summed E-state index contributed by atoms with van der Waals surface area (Å²) in [5.74, 6) is 1.54. The SMILES string of the molecule is CC1CCN(Cc2ccc(COc3cccc4c3CN(C3CCC(=O)NC3=O)C4=O)c(CC(C)(C)C3CCN(Cc4ccc(COc5cccc6c5CN(C5CCC(=O)NC5=O)C6)cc4)CC3)c2)CC1. The lowest BCUT2D eigenvalue weighted by molar-refractivity contribution is -0.138. The van der Waals surface area contributed by atoms with Crippen LogP contribution in [0.3, 0.4) is 0 Å². The van der Waals surface area contributed by atoms with Crippen LogP contribution in [0, 0.1) is 17.3 Å². The molecule has 0 radical (unpaired) electrons. The van der Waals surface area contributed by atoms with E-state index in [1.807, 2.05) is 24.3 Å². The topological polar surface area (TPSA) is 141 Å². The van der Waals surface area contributed by atoms with Crippen LogP contribution in [0.2, 0.25) is 0 Å². The van der Waals surface area contributed by atoms with Gasteiger partial charge in [0.05, 0.1) is 12.6 Å². The minimum atomic E-state index is -0.674. The Hall–Kier alpha value is -5.89. The van der Waals surface area contributed by atoms with Crippen molar-refractivity contribution in [3.05, 3.63) is 129 Å². The molecule has 368 valence electrons. The number of hydrogen-bond acceptors (Lipinski definition) is 10. The molecule has 4 fully saturated rings. The normalized spacial score (nSPS) is 22.0. The minimum Gasteiger partial charge on any atom is -0.489 e. The molecule has 6 aliphatic heterocycles. The summed E-state index contributed by atoms with van der Waals surface area (Å²) < 4.78 is 13.0. The second-order valence-corrected chi connectivity index (χ2v) is 21.6. The number of nitrogens with one attached hydrogen (secondary N) is 2. The Labute approximate surface area is 412 Å². The standard InChI is InChI=1S/C57H68N6O7/c1-37-20-24-60(25-21-37)31-40-14-15-42(36-70-51-9-5-7-45-47(51)34-63(56(45)68)49-17-19-53(65)59-55(49)67)43(28-40)29-57(2,3)44-22-26-61(27-23-44)30-38-10-12-39(13-11-38)35-69-50-8-4-6-41-32-62(33-46(41)50)48-16-18-52(64)58-54(48)66/h4-15,28,37,44,48-49H,16-27,29-36H2,1-3H3,(H,58,64,66)(H,59,65,67). The molecule has 2 N–H and O–H groups in total. The average Bonchev–Trinajstić information content (AvgIpc) is 3.93. The molecule has 2 atom stereocenters. The first kappa shape index (κ1) is 47.8. The fourth-order valence-electron chi connectivity index (χ4n) is 11.9. The highest BCUT2D eigenvalue weighted by atomic mass is 16.5. The Morgan fingerprint density at radius 1 is 0.600 bits per heavy atom. The number of benzene rings is 4. The summed E-state index contributed by atoms with van der Waals surface area (Å²) in [5, 5.41) is 4.90. The number of hydrogen-bond donors (Lipinski definition) is 2. The van der Waals surface area contributed by atoms with Crippen molar-refractivity contribution < 1.29 is 33.4 Å². The van der Waals surface area contributed by atoms with Crippen LogP contribution in [0.4, 0.5) is 0 Å². The third kappa shape index (κ3) is 10.6. The van der Waals surface area contributed by atoms with E-state index in [9.17, 15) is 24.0 Å². The molecule has 0 spiro atoms. The lowest BCUT2D eigenvalue weighted by Crippen LogP contribution is -2.52. The van der Waals surface area contributed by atoms with Gasteiger partial charge < -0.3 is 14.4 Å². The monoisotopic (exact) mass is 949 g/mol. The number of rotatable bonds is 15. The molecule has 5 amide bonds. The molecule has 4 aromatic carbocycles. The van der Waals surface area contributed by atoms with E-state index in [0.717, 1.165) is 92.5 Å². The van der Waals surface area contributed by atoms with Crippen LogP contribution in [0.5, 0.6) is 11.5 Å². The zero-order valence-corrected chi connectivity index (χ0v) is 41.1. The van der Waals surface area contributed by atoms with Gasteiger partial charge in [0.1, 0.15) is 30.8 Å². The van der Waals surface area contributed by atoms with Gasteiger partial charge in [0.25, 0.3) is 5.91 Å². The lowest BCUT2D eigenvalue weighted by Gasteiger charge is -2.41. The predicted octanol–water partition coefficient (Wildman–Crippen LogP) is 7.44. The van der Waals surface area contributed by atoms with Crippen LogP contribution in [0.15, 0.2) is 78.9 Å². The Morgan fingerprint density at radius 2 is 1.20 bits per heavy atom. The minimum absolute atomic E-state index is 0.0483. The third-order valence-corrected chi connectivity index (χ3v) is 16.3. The number of imide groups is 2. The molecule has 0 aromatic heterocycles. The molecular weight excluding hydrogens is 881 g/mol. The van der Waals surface area contributed by atoms with Crippen molar-refractivity contribution in [2.75, 3.05) is 26.2 Å². The van der Waals surface area contributed by atoms with Gasteiger partial charge in [0, 0.05) is 55.7 Å². The maximum atomic E-state index is 13.6. The summed E-state index contributed by atoms with van der Waals surface area (Å²) >= 11 is 0. The van der Waals surface area contributed by atoms with Gasteiger partial charge in [-0.3, -0.25) is 49.3 Å². The molecule has 6 heterocycles. The fraction of sp³-hybridized carbons (Fsp3) is 0.491. The number of nitrogens with zero attached hydrogens (tertiary/aromatic N) is 4. The van der Waals surface area contributed by atoms with Crippen molar-refractivity contribution in [2.45, 2.75) is 137 Å². The Balaban J connectivity index is 0.751. The zero-order chi connectivity index (χ0) is 48.5. The molecule has 13 nitrogen and oxygen atoms in total. The molecular formula is C57H68N6O7. The van der Waals surface area contributed by atoms with Crippen LogP contribution in [0.25, 0.3) is 0 Å². The van der Waals surface area contributed by atoms with Crippen LogP contribution in [0.1, 0.15) is 127 Å². The van der Waals surface area contributed by atoms with Crippen LogP contribution < -0.4 is 20.1 Å². The van der Waals surface area contributed by atoms with Crippen molar-refractivity contribution in [1.29, 1.82) is 0 Å². The van der Waals surface area contributed by atoms with E-state index in [1.165, 1.54) is 35.1 Å². The highest BCUT2D eigenvalue weighted by Gasteiger charge is 2.41. The number of carbonyl (C=O) groups excluding carboxylic acids is 5. The maximum absolute atomic E-state index is 13.6. The largest absolute Gasteiger partial charge is 0.489 e. The molecule has 4 aromatic rings. The molecule has 6 aliphatic rings. The Bertz CT molecular complexity index is 2630. The van der Waals surface area contributed by atoms with Gasteiger partial charge in [-0.15, -0.1) is 0 Å². The van der Waals surface area contributed by atoms with E-state index in [0.29, 0.717) is 62.8 Å². The first-order chi connectivity index (χ1) is 33.8. The summed E-state index contributed by atoms with van der Waals surface area (Å²) in [6, 6.07) is 26.5. The first-order valence-corrected chi connectivity index (χ1v) is 25.7. The van der Waals surface area contributed by atoms with E-state index in [-0.39, 0.29) is 48.1 Å². The molecule has 0 bridgehead atoms. The predicted molar refractivity (Wildman–Crippen MR) is 265 cm³/mol. The summed E-state index contributed by atoms with van der Waals surface area (Å²) in [5.41, 5.74) is 9.90. The number of likely N-dealkylation sites (tertiary alicyclic amines) is 2. The molecule has 4 saturated heterocycles. The van der Waals surface area contributed by atoms with Crippen LogP contribution in [-0.2, 0) is 71.5 Å². The smallest absolute Gasteiger partial charge is 0.255 e. The molecule has 70 heavy (non-hydrogen) atoms. The molecule has 0 saturated carbocycles. The summed E-state index contributed by atoms with van der Waals surface area (Å²) in [6.45, 7) is 15.9. The number of carbonyl (C=O) groups is 5. The van der Waals surface area contributed by atoms with Crippen LogP contribution in [-0.4, -0.2) is 87.4 Å². The lowest BCUT2D eigenvalue weighted by atomic mass is 9.69. The molecule has 2 unspecified atom stereocenters. The first-order valence-electron chi connectivity index (χ1n) is 25.7. The highest BCUT2D eigenvalue weighted by molar-refractivity contribution is 6.05. The zero-order valence-electron chi connectivity index (χ0n) is 41.1. The Morgan fingerprint density at radius 3 is 1.90 bits per heavy atom. The second-order valence-electron chi connectivity index (χ2n) is 21.6. The second kappa shape index (κ2) is 20.4. The third-order valence-electron chi connectivity index (χ3n) is 16.3. The summed E-state index contributed by atoms with van der Waals surface area (Å²) in [7, 11) is 0. The van der Waals surface area contributed by atoms with Gasteiger partial charge in [-0.1, -0.05) is 81.4 Å². The van der Waals surface area contributed by atoms with E-state index < -0.39 is 11.9 Å². The van der Waals surface area contributed by atoms with E-state index >= 15 is 0 Å². The van der Waals surface area contributed by atoms with Crippen molar-refractivity contribution >= 4 is 29.5 Å². The number of amides is 5. The number of piperidine rings is 4. The van der Waals surface area contributed by atoms with Crippen molar-refractivity contribution in [3.63, 3.8) is 0 Å². The summed E-state index contributed by atoms with van der Waals surface area (Å²) in [4.78, 5) is 71.4. The average molecular weight is 949 g/mol. The van der Waals surface area contributed by atoms with Gasteiger partial charge in [-0.05, 0) is 140 Å². The van der Waals surface area contributed by atoms with Gasteiger partial charge >= 0.3 is 0 Å². The van der Waals surface area contributed by atoms with Gasteiger partial charge in [0.15, 0.2) is 0 Å². The Kier molecular flexibility index (Phi) is 14.0.